The third-order valence-corrected chi connectivity index (χ3v) is 2.67. The van der Waals surface area contributed by atoms with Crippen LogP contribution in [0.25, 0.3) is 5.65 Å². The van der Waals surface area contributed by atoms with Crippen LogP contribution in [0, 0.1) is 0 Å². The predicted octanol–water partition coefficient (Wildman–Crippen LogP) is 1.91. The minimum absolute atomic E-state index is 0.133. The highest BCUT2D eigenvalue weighted by Gasteiger charge is 2.16. The van der Waals surface area contributed by atoms with Gasteiger partial charge in [0, 0.05) is 24.3 Å². The van der Waals surface area contributed by atoms with Crippen molar-refractivity contribution in [1.82, 2.24) is 14.7 Å². The molecule has 0 aliphatic heterocycles. The second-order valence-electron chi connectivity index (χ2n) is 3.41. The molecule has 0 atom stereocenters. The Morgan fingerprint density at radius 3 is 3.00 bits per heavy atom. The van der Waals surface area contributed by atoms with E-state index in [0.717, 1.165) is 5.69 Å². The number of nitrogens with zero attached hydrogens (tertiary/aromatic N) is 2. The number of pyridine rings is 1. The van der Waals surface area contributed by atoms with E-state index in [1.807, 2.05) is 6.92 Å². The summed E-state index contributed by atoms with van der Waals surface area (Å²) in [6, 6.07) is 3.48. The Hall–Kier alpha value is -1.55. The van der Waals surface area contributed by atoms with Crippen molar-refractivity contribution in [2.75, 3.05) is 7.05 Å². The molecule has 2 heterocycles. The van der Waals surface area contributed by atoms with Crippen molar-refractivity contribution in [3.8, 4) is 0 Å². The Morgan fingerprint density at radius 2 is 2.38 bits per heavy atom. The fraction of sp³-hybridized carbons (Fsp3) is 0.273. The molecule has 2 aromatic rings. The minimum atomic E-state index is -0.133. The molecule has 16 heavy (non-hydrogen) atoms. The van der Waals surface area contributed by atoms with Crippen LogP contribution >= 0.6 is 11.6 Å². The highest BCUT2D eigenvalue weighted by atomic mass is 35.5. The van der Waals surface area contributed by atoms with E-state index in [-0.39, 0.29) is 5.91 Å². The van der Waals surface area contributed by atoms with Gasteiger partial charge in [0.05, 0.1) is 5.69 Å². The van der Waals surface area contributed by atoms with Gasteiger partial charge in [-0.3, -0.25) is 9.20 Å². The smallest absolute Gasteiger partial charge is 0.269 e. The van der Waals surface area contributed by atoms with Crippen molar-refractivity contribution >= 4 is 23.2 Å². The maximum Gasteiger partial charge on any atom is 0.269 e. The number of rotatable bonds is 2. The number of carbonyl (C=O) groups is 1. The Labute approximate surface area is 98.2 Å². The van der Waals surface area contributed by atoms with Crippen molar-refractivity contribution in [2.45, 2.75) is 13.3 Å². The van der Waals surface area contributed by atoms with Crippen LogP contribution in [0.3, 0.4) is 0 Å². The molecular formula is C11H12ClN3O. The lowest BCUT2D eigenvalue weighted by atomic mass is 10.2. The number of hydrogen-bond donors (Lipinski definition) is 1. The molecule has 4 nitrogen and oxygen atoms in total. The van der Waals surface area contributed by atoms with Gasteiger partial charge in [-0.25, -0.2) is 4.98 Å². The first kappa shape index (κ1) is 11.0. The number of nitrogens with one attached hydrogen (secondary N) is 1. The van der Waals surface area contributed by atoms with Gasteiger partial charge in [-0.1, -0.05) is 18.5 Å². The molecule has 0 fully saturated rings. The third kappa shape index (κ3) is 1.65. The zero-order valence-electron chi connectivity index (χ0n) is 9.12. The van der Waals surface area contributed by atoms with Gasteiger partial charge >= 0.3 is 0 Å². The summed E-state index contributed by atoms with van der Waals surface area (Å²) in [5.41, 5.74) is 2.06. The summed E-state index contributed by atoms with van der Waals surface area (Å²) < 4.78 is 1.75. The topological polar surface area (TPSA) is 46.4 Å². The van der Waals surface area contributed by atoms with Gasteiger partial charge in [0.25, 0.3) is 5.91 Å². The van der Waals surface area contributed by atoms with Gasteiger partial charge in [-0.2, -0.15) is 0 Å². The molecule has 2 rings (SSSR count). The van der Waals surface area contributed by atoms with E-state index in [9.17, 15) is 4.79 Å². The zero-order chi connectivity index (χ0) is 11.7. The normalized spacial score (nSPS) is 10.7. The first-order chi connectivity index (χ1) is 7.67. The fourth-order valence-corrected chi connectivity index (χ4v) is 1.83. The van der Waals surface area contributed by atoms with Crippen molar-refractivity contribution < 1.29 is 4.79 Å². The number of halogens is 1. The number of aromatic nitrogens is 2. The molecule has 0 aliphatic carbocycles. The lowest BCUT2D eigenvalue weighted by Crippen LogP contribution is -2.21. The second-order valence-corrected chi connectivity index (χ2v) is 3.85. The SMILES string of the molecule is CCc1nc2cc(Cl)ccn2c1C(=O)NC. The van der Waals surface area contributed by atoms with E-state index in [1.54, 1.807) is 29.8 Å². The lowest BCUT2D eigenvalue weighted by Gasteiger charge is -2.01. The Balaban J connectivity index is 2.73. The molecule has 0 bridgehead atoms. The van der Waals surface area contributed by atoms with Crippen LogP contribution in [0.15, 0.2) is 18.3 Å². The molecule has 0 spiro atoms. The van der Waals surface area contributed by atoms with Crippen molar-refractivity contribution in [3.05, 3.63) is 34.7 Å². The van der Waals surface area contributed by atoms with Gasteiger partial charge in [-0.05, 0) is 12.5 Å². The Bertz CT molecular complexity index is 547. The van der Waals surface area contributed by atoms with E-state index in [0.29, 0.717) is 22.8 Å². The molecule has 5 heteroatoms. The Morgan fingerprint density at radius 1 is 1.62 bits per heavy atom. The van der Waals surface area contributed by atoms with E-state index >= 15 is 0 Å². The third-order valence-electron chi connectivity index (χ3n) is 2.44. The van der Waals surface area contributed by atoms with Crippen LogP contribution in [0.2, 0.25) is 5.02 Å². The largest absolute Gasteiger partial charge is 0.354 e. The van der Waals surface area contributed by atoms with E-state index < -0.39 is 0 Å². The average Bonchev–Trinajstić information content (AvgIpc) is 2.65. The van der Waals surface area contributed by atoms with Crippen LogP contribution in [0.4, 0.5) is 0 Å². The molecule has 1 amide bonds. The fourth-order valence-electron chi connectivity index (χ4n) is 1.67. The molecule has 84 valence electrons. The van der Waals surface area contributed by atoms with Gasteiger partial charge in [-0.15, -0.1) is 0 Å². The predicted molar refractivity (Wildman–Crippen MR) is 63.0 cm³/mol. The molecule has 2 aromatic heterocycles. The van der Waals surface area contributed by atoms with Gasteiger partial charge in [0.1, 0.15) is 11.3 Å². The van der Waals surface area contributed by atoms with Gasteiger partial charge in [0.2, 0.25) is 0 Å². The van der Waals surface area contributed by atoms with Gasteiger partial charge < -0.3 is 5.32 Å². The van der Waals surface area contributed by atoms with Crippen LogP contribution < -0.4 is 5.32 Å². The quantitative estimate of drug-likeness (QED) is 0.867. The van der Waals surface area contributed by atoms with E-state index in [4.69, 9.17) is 11.6 Å². The van der Waals surface area contributed by atoms with Crippen LogP contribution in [0.5, 0.6) is 0 Å². The number of imidazole rings is 1. The lowest BCUT2D eigenvalue weighted by molar-refractivity contribution is 0.0956. The molecule has 0 saturated heterocycles. The summed E-state index contributed by atoms with van der Waals surface area (Å²) in [5.74, 6) is -0.133. The van der Waals surface area contributed by atoms with Crippen molar-refractivity contribution in [2.24, 2.45) is 0 Å². The molecule has 0 saturated carbocycles. The number of hydrogen-bond acceptors (Lipinski definition) is 2. The molecule has 0 aromatic carbocycles. The maximum absolute atomic E-state index is 11.7. The van der Waals surface area contributed by atoms with E-state index in [1.165, 1.54) is 0 Å². The zero-order valence-corrected chi connectivity index (χ0v) is 9.88. The number of amides is 1. The molecule has 0 aliphatic rings. The summed E-state index contributed by atoms with van der Waals surface area (Å²) in [6.07, 6.45) is 2.47. The van der Waals surface area contributed by atoms with Gasteiger partial charge in [0.15, 0.2) is 0 Å². The molecule has 1 N–H and O–H groups in total. The standard InChI is InChI=1S/C11H12ClN3O/c1-3-8-10(11(16)13-2)15-5-4-7(12)6-9(15)14-8/h4-6H,3H2,1-2H3,(H,13,16). The highest BCUT2D eigenvalue weighted by molar-refractivity contribution is 6.30. The van der Waals surface area contributed by atoms with Crippen molar-refractivity contribution in [1.29, 1.82) is 0 Å². The van der Waals surface area contributed by atoms with Crippen LogP contribution in [-0.2, 0) is 6.42 Å². The Kier molecular flexibility index (Phi) is 2.83. The summed E-state index contributed by atoms with van der Waals surface area (Å²) >= 11 is 5.88. The first-order valence-electron chi connectivity index (χ1n) is 5.06. The van der Waals surface area contributed by atoms with Crippen LogP contribution in [-0.4, -0.2) is 22.3 Å². The van der Waals surface area contributed by atoms with E-state index in [2.05, 4.69) is 10.3 Å². The van der Waals surface area contributed by atoms with Crippen LogP contribution in [0.1, 0.15) is 23.1 Å². The molecular weight excluding hydrogens is 226 g/mol. The minimum Gasteiger partial charge on any atom is -0.354 e. The maximum atomic E-state index is 11.7. The first-order valence-corrected chi connectivity index (χ1v) is 5.43. The summed E-state index contributed by atoms with van der Waals surface area (Å²) in [7, 11) is 1.61. The number of aryl methyl sites for hydroxylation is 1. The summed E-state index contributed by atoms with van der Waals surface area (Å²) in [4.78, 5) is 16.1. The molecule has 0 radical (unpaired) electrons. The van der Waals surface area contributed by atoms with Crippen molar-refractivity contribution in [3.63, 3.8) is 0 Å². The number of fused-ring (bicyclic) bond motifs is 1. The summed E-state index contributed by atoms with van der Waals surface area (Å²) in [5, 5.41) is 3.23. The average molecular weight is 238 g/mol. The number of carbonyl (C=O) groups excluding carboxylic acids is 1. The molecule has 0 unspecified atom stereocenters. The second kappa shape index (κ2) is 4.14. The summed E-state index contributed by atoms with van der Waals surface area (Å²) in [6.45, 7) is 1.97. The monoisotopic (exact) mass is 237 g/mol. The highest BCUT2D eigenvalue weighted by Crippen LogP contribution is 2.17.